The summed E-state index contributed by atoms with van der Waals surface area (Å²) in [6, 6.07) is 4.75. The van der Waals surface area contributed by atoms with Gasteiger partial charge in [-0.25, -0.2) is 8.42 Å². The van der Waals surface area contributed by atoms with E-state index in [2.05, 4.69) is 4.74 Å². The van der Waals surface area contributed by atoms with Crippen molar-refractivity contribution in [3.05, 3.63) is 23.8 Å². The lowest BCUT2D eigenvalue weighted by atomic mass is 10.1. The molecule has 9 heteroatoms. The zero-order valence-corrected chi connectivity index (χ0v) is 16.6. The number of ether oxygens (including phenoxy) is 3. The van der Waals surface area contributed by atoms with Crippen LogP contribution in [0.2, 0.25) is 0 Å². The molecule has 1 atom stereocenters. The minimum atomic E-state index is -3.16. The molecule has 0 N–H and O–H groups in total. The zero-order chi connectivity index (χ0) is 20.0. The predicted molar refractivity (Wildman–Crippen MR) is 98.7 cm³/mol. The normalized spacial score (nSPS) is 18.0. The number of benzene rings is 1. The Kier molecular flexibility index (Phi) is 7.06. The molecule has 0 radical (unpaired) electrons. The van der Waals surface area contributed by atoms with Gasteiger partial charge in [0.05, 0.1) is 45.7 Å². The molecule has 0 spiro atoms. The first-order valence-electron chi connectivity index (χ1n) is 8.57. The van der Waals surface area contributed by atoms with Crippen LogP contribution in [-0.2, 0) is 30.6 Å². The number of hydrogen-bond acceptors (Lipinski definition) is 7. The number of esters is 1. The Morgan fingerprint density at radius 3 is 2.41 bits per heavy atom. The third-order valence-corrected chi connectivity index (χ3v) is 6.31. The fraction of sp³-hybridized carbons (Fsp3) is 0.556. The Hall–Kier alpha value is -2.29. The summed E-state index contributed by atoms with van der Waals surface area (Å²) in [5.74, 6) is 0.348. The maximum atomic E-state index is 12.9. The summed E-state index contributed by atoms with van der Waals surface area (Å²) in [6.07, 6.45) is 0.462. The maximum Gasteiger partial charge on any atom is 0.307 e. The Morgan fingerprint density at radius 1 is 1.15 bits per heavy atom. The van der Waals surface area contributed by atoms with Gasteiger partial charge in [0.25, 0.3) is 0 Å². The first-order chi connectivity index (χ1) is 12.8. The Balaban J connectivity index is 2.16. The quantitative estimate of drug-likeness (QED) is 0.597. The minimum Gasteiger partial charge on any atom is -0.493 e. The van der Waals surface area contributed by atoms with E-state index >= 15 is 0 Å². The Labute approximate surface area is 159 Å². The van der Waals surface area contributed by atoms with E-state index in [9.17, 15) is 18.0 Å². The van der Waals surface area contributed by atoms with Gasteiger partial charge in [0.2, 0.25) is 5.91 Å². The van der Waals surface area contributed by atoms with Crippen LogP contribution in [0, 0.1) is 0 Å². The van der Waals surface area contributed by atoms with E-state index < -0.39 is 21.8 Å². The van der Waals surface area contributed by atoms with Crippen LogP contribution in [0.3, 0.4) is 0 Å². The molecule has 2 rings (SSSR count). The summed E-state index contributed by atoms with van der Waals surface area (Å²) < 4.78 is 38.7. The molecule has 1 aliphatic heterocycles. The average Bonchev–Trinajstić information content (AvgIpc) is 3.00. The fourth-order valence-electron chi connectivity index (χ4n) is 3.11. The fourth-order valence-corrected chi connectivity index (χ4v) is 4.84. The van der Waals surface area contributed by atoms with Gasteiger partial charge < -0.3 is 19.1 Å². The van der Waals surface area contributed by atoms with Gasteiger partial charge in [0.15, 0.2) is 21.3 Å². The molecule has 150 valence electrons. The van der Waals surface area contributed by atoms with E-state index in [-0.39, 0.29) is 36.8 Å². The van der Waals surface area contributed by atoms with Crippen molar-refractivity contribution in [1.82, 2.24) is 4.90 Å². The second-order valence-corrected chi connectivity index (χ2v) is 8.56. The zero-order valence-electron chi connectivity index (χ0n) is 15.8. The van der Waals surface area contributed by atoms with Gasteiger partial charge >= 0.3 is 5.97 Å². The first kappa shape index (κ1) is 21.0. The highest BCUT2D eigenvalue weighted by atomic mass is 32.2. The maximum absolute atomic E-state index is 12.9. The molecule has 1 aliphatic rings. The number of carbonyl (C=O) groups excluding carboxylic acids is 2. The summed E-state index contributed by atoms with van der Waals surface area (Å²) in [5.41, 5.74) is 0.710. The van der Waals surface area contributed by atoms with Crippen molar-refractivity contribution in [1.29, 1.82) is 0 Å². The average molecular weight is 399 g/mol. The molecule has 1 amide bonds. The summed E-state index contributed by atoms with van der Waals surface area (Å²) in [4.78, 5) is 25.8. The van der Waals surface area contributed by atoms with Gasteiger partial charge in [-0.15, -0.1) is 0 Å². The van der Waals surface area contributed by atoms with Crippen molar-refractivity contribution < 1.29 is 32.2 Å². The van der Waals surface area contributed by atoms with Crippen molar-refractivity contribution in [3.63, 3.8) is 0 Å². The minimum absolute atomic E-state index is 0.0186. The molecule has 1 fully saturated rings. The van der Waals surface area contributed by atoms with Crippen LogP contribution in [-0.4, -0.2) is 70.6 Å². The van der Waals surface area contributed by atoms with Gasteiger partial charge in [-0.05, 0) is 24.1 Å². The van der Waals surface area contributed by atoms with E-state index in [0.29, 0.717) is 23.5 Å². The van der Waals surface area contributed by atoms with Gasteiger partial charge in [-0.2, -0.15) is 0 Å². The van der Waals surface area contributed by atoms with Crippen molar-refractivity contribution in [3.8, 4) is 11.5 Å². The SMILES string of the molecule is COC(=O)CCN(C(=O)Cc1ccc(OC)c(OC)c1)[C@H]1CCS(=O)(=O)C1. The largest absolute Gasteiger partial charge is 0.493 e. The van der Waals surface area contributed by atoms with Gasteiger partial charge in [0.1, 0.15) is 0 Å². The topological polar surface area (TPSA) is 99.2 Å². The van der Waals surface area contributed by atoms with Gasteiger partial charge in [0, 0.05) is 12.6 Å². The molecular weight excluding hydrogens is 374 g/mol. The molecule has 0 saturated carbocycles. The third-order valence-electron chi connectivity index (χ3n) is 4.56. The number of rotatable bonds is 8. The van der Waals surface area contributed by atoms with E-state index in [4.69, 9.17) is 9.47 Å². The van der Waals surface area contributed by atoms with Crippen molar-refractivity contribution >= 4 is 21.7 Å². The second kappa shape index (κ2) is 9.07. The number of nitrogens with zero attached hydrogens (tertiary/aromatic N) is 1. The van der Waals surface area contributed by atoms with Crippen molar-refractivity contribution in [2.45, 2.75) is 25.3 Å². The Morgan fingerprint density at radius 2 is 1.85 bits per heavy atom. The highest BCUT2D eigenvalue weighted by Crippen LogP contribution is 2.28. The molecule has 0 unspecified atom stereocenters. The lowest BCUT2D eigenvalue weighted by Gasteiger charge is -2.28. The lowest BCUT2D eigenvalue weighted by Crippen LogP contribution is -2.43. The third kappa shape index (κ3) is 5.59. The second-order valence-electron chi connectivity index (χ2n) is 6.34. The van der Waals surface area contributed by atoms with Crippen LogP contribution in [0.25, 0.3) is 0 Å². The molecule has 8 nitrogen and oxygen atoms in total. The van der Waals surface area contributed by atoms with E-state index in [1.807, 2.05) is 0 Å². The van der Waals surface area contributed by atoms with E-state index in [1.165, 1.54) is 26.2 Å². The number of amides is 1. The number of hydrogen-bond donors (Lipinski definition) is 0. The number of methoxy groups -OCH3 is 3. The van der Waals surface area contributed by atoms with E-state index in [0.717, 1.165) is 0 Å². The smallest absolute Gasteiger partial charge is 0.307 e. The van der Waals surface area contributed by atoms with Gasteiger partial charge in [-0.1, -0.05) is 6.07 Å². The molecular formula is C18H25NO7S. The highest BCUT2D eigenvalue weighted by Gasteiger charge is 2.34. The van der Waals surface area contributed by atoms with Crippen LogP contribution in [0.1, 0.15) is 18.4 Å². The Bertz CT molecular complexity index is 791. The molecule has 1 aromatic rings. The summed E-state index contributed by atoms with van der Waals surface area (Å²) in [5, 5.41) is 0. The summed E-state index contributed by atoms with van der Waals surface area (Å²) >= 11 is 0. The number of carbonyl (C=O) groups is 2. The standard InChI is InChI=1S/C18H25NO7S/c1-24-15-5-4-13(10-16(15)25-2)11-17(20)19(8-6-18(21)26-3)14-7-9-27(22,23)12-14/h4-5,10,14H,6-9,11-12H2,1-3H3/t14-/m0/s1. The van der Waals surface area contributed by atoms with Crippen LogP contribution < -0.4 is 9.47 Å². The molecule has 1 saturated heterocycles. The monoisotopic (exact) mass is 399 g/mol. The van der Waals surface area contributed by atoms with Crippen LogP contribution in [0.5, 0.6) is 11.5 Å². The van der Waals surface area contributed by atoms with Crippen LogP contribution >= 0.6 is 0 Å². The van der Waals surface area contributed by atoms with Crippen LogP contribution in [0.4, 0.5) is 0 Å². The van der Waals surface area contributed by atoms with Crippen molar-refractivity contribution in [2.75, 3.05) is 39.4 Å². The predicted octanol–water partition coefficient (Wildman–Crippen LogP) is 0.825. The first-order valence-corrected chi connectivity index (χ1v) is 10.4. The molecule has 0 bridgehead atoms. The van der Waals surface area contributed by atoms with Gasteiger partial charge in [-0.3, -0.25) is 9.59 Å². The van der Waals surface area contributed by atoms with Crippen LogP contribution in [0.15, 0.2) is 18.2 Å². The number of sulfone groups is 1. The lowest BCUT2D eigenvalue weighted by molar-refractivity contribution is -0.142. The molecule has 1 heterocycles. The molecule has 27 heavy (non-hydrogen) atoms. The molecule has 0 aliphatic carbocycles. The van der Waals surface area contributed by atoms with Crippen molar-refractivity contribution in [2.24, 2.45) is 0 Å². The molecule has 0 aromatic heterocycles. The van der Waals surface area contributed by atoms with E-state index in [1.54, 1.807) is 18.2 Å². The summed E-state index contributed by atoms with van der Waals surface area (Å²) in [6.45, 7) is 0.124. The highest BCUT2D eigenvalue weighted by molar-refractivity contribution is 7.91. The molecule has 1 aromatic carbocycles. The summed E-state index contributed by atoms with van der Waals surface area (Å²) in [7, 11) is 1.15.